The first-order valence-electron chi connectivity index (χ1n) is 5.87. The highest BCUT2D eigenvalue weighted by Crippen LogP contribution is 2.33. The Morgan fingerprint density at radius 1 is 0.800 bits per heavy atom. The average molecular weight is 394 g/mol. The zero-order valence-corrected chi connectivity index (χ0v) is 13.1. The molecule has 0 bridgehead atoms. The van der Waals surface area contributed by atoms with Crippen LogP contribution >= 0.6 is 31.9 Å². The number of furan rings is 1. The number of hydrogen-bond donors (Lipinski definition) is 0. The van der Waals surface area contributed by atoms with Crippen molar-refractivity contribution in [2.75, 3.05) is 0 Å². The maximum atomic E-state index is 12.2. The van der Waals surface area contributed by atoms with Gasteiger partial charge in [-0.25, -0.2) is 4.79 Å². The van der Waals surface area contributed by atoms with Gasteiger partial charge in [0.1, 0.15) is 16.6 Å². The molecule has 2 heterocycles. The minimum absolute atomic E-state index is 0.383. The van der Waals surface area contributed by atoms with Gasteiger partial charge < -0.3 is 8.83 Å². The Bertz CT molecular complexity index is 1040. The third kappa shape index (κ3) is 1.66. The van der Waals surface area contributed by atoms with Crippen molar-refractivity contribution >= 4 is 64.8 Å². The van der Waals surface area contributed by atoms with Crippen LogP contribution < -0.4 is 5.63 Å². The lowest BCUT2D eigenvalue weighted by Crippen LogP contribution is -1.98. The molecule has 0 aliphatic heterocycles. The van der Waals surface area contributed by atoms with Gasteiger partial charge >= 0.3 is 5.63 Å². The van der Waals surface area contributed by atoms with Crippen LogP contribution in [0.2, 0.25) is 0 Å². The standard InChI is InChI=1S/C15H6Br2O3/c16-7-1-3-9-11(5-7)19-14-10-4-2-8(17)6-12(10)20-15(18)13(9)14/h1-6H. The smallest absolute Gasteiger partial charge is 0.348 e. The zero-order chi connectivity index (χ0) is 13.9. The molecule has 2 aromatic heterocycles. The molecule has 0 unspecified atom stereocenters. The van der Waals surface area contributed by atoms with Crippen molar-refractivity contribution in [3.8, 4) is 0 Å². The molecule has 2 aromatic carbocycles. The molecule has 4 aromatic rings. The Balaban J connectivity index is 2.32. The van der Waals surface area contributed by atoms with Gasteiger partial charge in [0.05, 0.1) is 5.39 Å². The molecule has 0 saturated heterocycles. The Hall–Kier alpha value is -1.59. The Morgan fingerprint density at radius 2 is 1.40 bits per heavy atom. The second kappa shape index (κ2) is 4.20. The first-order chi connectivity index (χ1) is 9.63. The summed E-state index contributed by atoms with van der Waals surface area (Å²) in [6.45, 7) is 0. The normalized spacial score (nSPS) is 11.7. The van der Waals surface area contributed by atoms with Crippen molar-refractivity contribution in [2.24, 2.45) is 0 Å². The maximum Gasteiger partial charge on any atom is 0.348 e. The molecule has 98 valence electrons. The van der Waals surface area contributed by atoms with Crippen molar-refractivity contribution in [3.05, 3.63) is 55.8 Å². The topological polar surface area (TPSA) is 43.4 Å². The van der Waals surface area contributed by atoms with E-state index >= 15 is 0 Å². The van der Waals surface area contributed by atoms with Crippen LogP contribution in [0, 0.1) is 0 Å². The third-order valence-corrected chi connectivity index (χ3v) is 4.23. The second-order valence-corrected chi connectivity index (χ2v) is 6.31. The zero-order valence-electron chi connectivity index (χ0n) is 9.94. The molecule has 0 aliphatic rings. The summed E-state index contributed by atoms with van der Waals surface area (Å²) in [6, 6.07) is 11.1. The summed E-state index contributed by atoms with van der Waals surface area (Å²) in [5.74, 6) is 0. The van der Waals surface area contributed by atoms with Gasteiger partial charge in [0, 0.05) is 14.3 Å². The van der Waals surface area contributed by atoms with Gasteiger partial charge in [0.25, 0.3) is 0 Å². The van der Waals surface area contributed by atoms with Crippen LogP contribution in [0.3, 0.4) is 0 Å². The van der Waals surface area contributed by atoms with Crippen LogP contribution in [0.15, 0.2) is 59.0 Å². The van der Waals surface area contributed by atoms with E-state index in [2.05, 4.69) is 31.9 Å². The van der Waals surface area contributed by atoms with E-state index in [1.807, 2.05) is 30.3 Å². The summed E-state index contributed by atoms with van der Waals surface area (Å²) in [5, 5.41) is 2.04. The lowest BCUT2D eigenvalue weighted by Gasteiger charge is -1.97. The number of hydrogen-bond acceptors (Lipinski definition) is 3. The van der Waals surface area contributed by atoms with E-state index < -0.39 is 0 Å². The molecule has 0 N–H and O–H groups in total. The first-order valence-corrected chi connectivity index (χ1v) is 7.46. The van der Waals surface area contributed by atoms with E-state index in [1.165, 1.54) is 0 Å². The second-order valence-electron chi connectivity index (χ2n) is 4.48. The number of benzene rings is 2. The van der Waals surface area contributed by atoms with Gasteiger partial charge in [-0.2, -0.15) is 0 Å². The Labute approximate surface area is 129 Å². The Morgan fingerprint density at radius 3 is 2.10 bits per heavy atom. The lowest BCUT2D eigenvalue weighted by atomic mass is 10.1. The number of halogens is 2. The molecule has 0 aliphatic carbocycles. The van der Waals surface area contributed by atoms with Crippen molar-refractivity contribution in [3.63, 3.8) is 0 Å². The highest BCUT2D eigenvalue weighted by Gasteiger charge is 2.16. The van der Waals surface area contributed by atoms with Gasteiger partial charge in [-0.05, 0) is 36.4 Å². The summed E-state index contributed by atoms with van der Waals surface area (Å²) in [4.78, 5) is 12.2. The van der Waals surface area contributed by atoms with Gasteiger partial charge in [-0.3, -0.25) is 0 Å². The van der Waals surface area contributed by atoms with Crippen molar-refractivity contribution < 1.29 is 8.83 Å². The van der Waals surface area contributed by atoms with E-state index in [4.69, 9.17) is 8.83 Å². The molecule has 0 fully saturated rings. The van der Waals surface area contributed by atoms with Crippen molar-refractivity contribution in [2.45, 2.75) is 0 Å². The quantitative estimate of drug-likeness (QED) is 0.385. The SMILES string of the molecule is O=c1oc2cc(Br)ccc2c2oc3cc(Br)ccc3c12. The van der Waals surface area contributed by atoms with Crippen LogP contribution in [0.4, 0.5) is 0 Å². The fourth-order valence-corrected chi connectivity index (χ4v) is 3.06. The fraction of sp³-hybridized carbons (Fsp3) is 0. The van der Waals surface area contributed by atoms with Gasteiger partial charge in [0.2, 0.25) is 0 Å². The first kappa shape index (κ1) is 12.2. The molecule has 0 spiro atoms. The summed E-state index contributed by atoms with van der Waals surface area (Å²) < 4.78 is 13.0. The van der Waals surface area contributed by atoms with E-state index in [1.54, 1.807) is 6.07 Å². The summed E-state index contributed by atoms with van der Waals surface area (Å²) in [6.07, 6.45) is 0. The van der Waals surface area contributed by atoms with Crippen LogP contribution in [0.1, 0.15) is 0 Å². The lowest BCUT2D eigenvalue weighted by molar-refractivity contribution is 0.566. The van der Waals surface area contributed by atoms with Crippen molar-refractivity contribution in [1.82, 2.24) is 0 Å². The van der Waals surface area contributed by atoms with E-state index in [-0.39, 0.29) is 5.63 Å². The molecular weight excluding hydrogens is 388 g/mol. The van der Waals surface area contributed by atoms with Gasteiger partial charge in [0.15, 0.2) is 5.58 Å². The van der Waals surface area contributed by atoms with Crippen LogP contribution in [0.5, 0.6) is 0 Å². The van der Waals surface area contributed by atoms with E-state index in [9.17, 15) is 4.79 Å². The van der Waals surface area contributed by atoms with Crippen LogP contribution in [-0.2, 0) is 0 Å². The van der Waals surface area contributed by atoms with E-state index in [0.29, 0.717) is 22.1 Å². The summed E-state index contributed by atoms with van der Waals surface area (Å²) in [5.41, 5.74) is 1.36. The summed E-state index contributed by atoms with van der Waals surface area (Å²) in [7, 11) is 0. The molecular formula is C15H6Br2O3. The van der Waals surface area contributed by atoms with E-state index in [0.717, 1.165) is 19.7 Å². The molecule has 20 heavy (non-hydrogen) atoms. The Kier molecular flexibility index (Phi) is 2.56. The van der Waals surface area contributed by atoms with Gasteiger partial charge in [-0.15, -0.1) is 0 Å². The monoisotopic (exact) mass is 392 g/mol. The number of rotatable bonds is 0. The number of fused-ring (bicyclic) bond motifs is 5. The minimum Gasteiger partial charge on any atom is -0.455 e. The predicted molar refractivity (Wildman–Crippen MR) is 85.2 cm³/mol. The van der Waals surface area contributed by atoms with Crippen LogP contribution in [-0.4, -0.2) is 0 Å². The highest BCUT2D eigenvalue weighted by atomic mass is 79.9. The van der Waals surface area contributed by atoms with Gasteiger partial charge in [-0.1, -0.05) is 31.9 Å². The maximum absolute atomic E-state index is 12.2. The molecule has 5 heteroatoms. The molecule has 0 radical (unpaired) electrons. The van der Waals surface area contributed by atoms with Crippen molar-refractivity contribution in [1.29, 1.82) is 0 Å². The molecule has 0 atom stereocenters. The molecule has 0 amide bonds. The minimum atomic E-state index is -0.383. The highest BCUT2D eigenvalue weighted by molar-refractivity contribution is 9.10. The molecule has 4 rings (SSSR count). The largest absolute Gasteiger partial charge is 0.455 e. The predicted octanol–water partition coefficient (Wildman–Crippen LogP) is 5.22. The third-order valence-electron chi connectivity index (χ3n) is 3.25. The average Bonchev–Trinajstić information content (AvgIpc) is 2.77. The molecule has 0 saturated carbocycles. The fourth-order valence-electron chi connectivity index (χ4n) is 2.38. The summed E-state index contributed by atoms with van der Waals surface area (Å²) >= 11 is 6.77. The van der Waals surface area contributed by atoms with Crippen LogP contribution in [0.25, 0.3) is 32.9 Å². The molecule has 3 nitrogen and oxygen atoms in total.